The smallest absolute Gasteiger partial charge is 0.257 e. The first-order valence-electron chi connectivity index (χ1n) is 7.97. The maximum absolute atomic E-state index is 12.2. The molecule has 0 fully saturated rings. The minimum absolute atomic E-state index is 0.179. The van der Waals surface area contributed by atoms with E-state index in [9.17, 15) is 4.79 Å². The van der Waals surface area contributed by atoms with Crippen molar-refractivity contribution in [2.75, 3.05) is 23.8 Å². The highest BCUT2D eigenvalue weighted by Crippen LogP contribution is 2.16. The summed E-state index contributed by atoms with van der Waals surface area (Å²) >= 11 is 0. The second-order valence-electron chi connectivity index (χ2n) is 5.12. The quantitative estimate of drug-likeness (QED) is 0.724. The van der Waals surface area contributed by atoms with Crippen LogP contribution in [0.4, 0.5) is 11.5 Å². The Kier molecular flexibility index (Phi) is 6.41. The third kappa shape index (κ3) is 5.29. The molecule has 0 radical (unpaired) electrons. The molecule has 1 aromatic carbocycles. The molecule has 2 N–H and O–H groups in total. The van der Waals surface area contributed by atoms with E-state index in [2.05, 4.69) is 22.5 Å². The van der Waals surface area contributed by atoms with E-state index in [4.69, 9.17) is 4.74 Å². The van der Waals surface area contributed by atoms with E-state index >= 15 is 0 Å². The van der Waals surface area contributed by atoms with Gasteiger partial charge in [0.05, 0.1) is 12.2 Å². The molecule has 0 aliphatic rings. The molecule has 1 aromatic heterocycles. The number of nitrogens with one attached hydrogen (secondary N) is 2. The van der Waals surface area contributed by atoms with E-state index in [-0.39, 0.29) is 5.91 Å². The molecule has 1 heterocycles. The molecule has 0 aliphatic heterocycles. The fourth-order valence-corrected chi connectivity index (χ4v) is 2.03. The Morgan fingerprint density at radius 3 is 2.52 bits per heavy atom. The van der Waals surface area contributed by atoms with Gasteiger partial charge in [-0.3, -0.25) is 4.79 Å². The summed E-state index contributed by atoms with van der Waals surface area (Å²) in [4.78, 5) is 16.5. The van der Waals surface area contributed by atoms with Gasteiger partial charge in [-0.15, -0.1) is 0 Å². The molecule has 0 atom stereocenters. The van der Waals surface area contributed by atoms with Crippen LogP contribution in [0.3, 0.4) is 0 Å². The summed E-state index contributed by atoms with van der Waals surface area (Å²) in [7, 11) is 0. The van der Waals surface area contributed by atoms with E-state index in [1.54, 1.807) is 12.3 Å². The lowest BCUT2D eigenvalue weighted by atomic mass is 10.2. The third-order valence-corrected chi connectivity index (χ3v) is 3.29. The Balaban J connectivity index is 1.92. The Bertz CT molecular complexity index is 609. The number of carbonyl (C=O) groups is 1. The van der Waals surface area contributed by atoms with Gasteiger partial charge in [0.2, 0.25) is 0 Å². The van der Waals surface area contributed by atoms with Crippen LogP contribution in [-0.4, -0.2) is 24.0 Å². The number of aromatic nitrogens is 1. The number of anilines is 2. The van der Waals surface area contributed by atoms with E-state index in [0.29, 0.717) is 12.2 Å². The first-order chi connectivity index (χ1) is 11.2. The average Bonchev–Trinajstić information content (AvgIpc) is 2.58. The summed E-state index contributed by atoms with van der Waals surface area (Å²) in [5, 5.41) is 6.07. The minimum atomic E-state index is -0.179. The summed E-state index contributed by atoms with van der Waals surface area (Å²) in [6, 6.07) is 10.9. The zero-order valence-electron chi connectivity index (χ0n) is 13.6. The van der Waals surface area contributed by atoms with Gasteiger partial charge in [0, 0.05) is 18.4 Å². The maximum atomic E-state index is 12.2. The van der Waals surface area contributed by atoms with Crippen LogP contribution in [0, 0.1) is 0 Å². The Morgan fingerprint density at radius 1 is 1.13 bits per heavy atom. The number of hydrogen-bond acceptors (Lipinski definition) is 4. The monoisotopic (exact) mass is 313 g/mol. The number of amides is 1. The van der Waals surface area contributed by atoms with Gasteiger partial charge in [-0.2, -0.15) is 0 Å². The molecule has 2 aromatic rings. The molecule has 0 unspecified atom stereocenters. The second kappa shape index (κ2) is 8.78. The lowest BCUT2D eigenvalue weighted by molar-refractivity contribution is 0.102. The molecule has 0 spiro atoms. The highest BCUT2D eigenvalue weighted by Gasteiger charge is 2.07. The van der Waals surface area contributed by atoms with Crippen molar-refractivity contribution in [2.24, 2.45) is 0 Å². The number of benzene rings is 1. The first-order valence-corrected chi connectivity index (χ1v) is 7.97. The normalized spacial score (nSPS) is 10.2. The van der Waals surface area contributed by atoms with Gasteiger partial charge in [0.1, 0.15) is 11.6 Å². The number of ether oxygens (including phenoxy) is 1. The van der Waals surface area contributed by atoms with Crippen molar-refractivity contribution in [1.29, 1.82) is 0 Å². The Labute approximate surface area is 137 Å². The summed E-state index contributed by atoms with van der Waals surface area (Å²) in [5.41, 5.74) is 1.25. The van der Waals surface area contributed by atoms with Crippen molar-refractivity contribution < 1.29 is 9.53 Å². The van der Waals surface area contributed by atoms with Gasteiger partial charge in [-0.1, -0.05) is 13.3 Å². The molecule has 122 valence electrons. The van der Waals surface area contributed by atoms with Gasteiger partial charge in [-0.05, 0) is 49.7 Å². The van der Waals surface area contributed by atoms with Crippen LogP contribution in [0.1, 0.15) is 37.0 Å². The predicted octanol–water partition coefficient (Wildman–Crippen LogP) is 3.94. The van der Waals surface area contributed by atoms with E-state index < -0.39 is 0 Å². The van der Waals surface area contributed by atoms with Crippen molar-refractivity contribution in [1.82, 2.24) is 4.98 Å². The SMILES string of the molecule is CCCCNc1ccc(C(=O)Nc2ccc(OCC)cc2)cn1. The molecule has 23 heavy (non-hydrogen) atoms. The van der Waals surface area contributed by atoms with Gasteiger partial charge >= 0.3 is 0 Å². The topological polar surface area (TPSA) is 63.2 Å². The zero-order valence-corrected chi connectivity index (χ0v) is 13.6. The molecule has 2 rings (SSSR count). The predicted molar refractivity (Wildman–Crippen MR) is 93.2 cm³/mol. The summed E-state index contributed by atoms with van der Waals surface area (Å²) in [6.07, 6.45) is 3.81. The Morgan fingerprint density at radius 2 is 1.91 bits per heavy atom. The number of hydrogen-bond donors (Lipinski definition) is 2. The fourth-order valence-electron chi connectivity index (χ4n) is 2.03. The van der Waals surface area contributed by atoms with Gasteiger partial charge in [0.25, 0.3) is 5.91 Å². The highest BCUT2D eigenvalue weighted by molar-refractivity contribution is 6.04. The number of carbonyl (C=O) groups excluding carboxylic acids is 1. The van der Waals surface area contributed by atoms with Crippen LogP contribution in [0.5, 0.6) is 5.75 Å². The highest BCUT2D eigenvalue weighted by atomic mass is 16.5. The summed E-state index contributed by atoms with van der Waals surface area (Å²) < 4.78 is 5.37. The van der Waals surface area contributed by atoms with Crippen LogP contribution in [0.25, 0.3) is 0 Å². The minimum Gasteiger partial charge on any atom is -0.494 e. The third-order valence-electron chi connectivity index (χ3n) is 3.29. The molecule has 0 saturated carbocycles. The molecular formula is C18H23N3O2. The molecule has 0 bridgehead atoms. The summed E-state index contributed by atoms with van der Waals surface area (Å²) in [5.74, 6) is 1.40. The van der Waals surface area contributed by atoms with E-state index in [1.807, 2.05) is 37.3 Å². The lowest BCUT2D eigenvalue weighted by Gasteiger charge is -2.08. The number of unbranched alkanes of at least 4 members (excludes halogenated alkanes) is 1. The van der Waals surface area contributed by atoms with Crippen molar-refractivity contribution in [3.8, 4) is 5.75 Å². The van der Waals surface area contributed by atoms with Gasteiger partial charge in [0.15, 0.2) is 0 Å². The molecule has 0 aliphatic carbocycles. The van der Waals surface area contributed by atoms with Crippen LogP contribution in [0.15, 0.2) is 42.6 Å². The van der Waals surface area contributed by atoms with E-state index in [0.717, 1.165) is 36.6 Å². The number of nitrogens with zero attached hydrogens (tertiary/aromatic N) is 1. The summed E-state index contributed by atoms with van der Waals surface area (Å²) in [6.45, 7) is 5.59. The molecule has 1 amide bonds. The van der Waals surface area contributed by atoms with E-state index in [1.165, 1.54) is 0 Å². The average molecular weight is 313 g/mol. The van der Waals surface area contributed by atoms with Crippen LogP contribution in [0.2, 0.25) is 0 Å². The maximum Gasteiger partial charge on any atom is 0.257 e. The number of pyridine rings is 1. The van der Waals surface area contributed by atoms with Gasteiger partial charge in [-0.25, -0.2) is 4.98 Å². The molecule has 0 saturated heterocycles. The number of rotatable bonds is 8. The largest absolute Gasteiger partial charge is 0.494 e. The zero-order chi connectivity index (χ0) is 16.5. The Hall–Kier alpha value is -2.56. The molecule has 5 heteroatoms. The van der Waals surface area contributed by atoms with Crippen LogP contribution < -0.4 is 15.4 Å². The standard InChI is InChI=1S/C18H23N3O2/c1-3-5-12-19-17-11-6-14(13-20-17)18(22)21-15-7-9-16(10-8-15)23-4-2/h6-11,13H,3-5,12H2,1-2H3,(H,19,20)(H,21,22). The van der Waals surface area contributed by atoms with Crippen LogP contribution in [-0.2, 0) is 0 Å². The lowest BCUT2D eigenvalue weighted by Crippen LogP contribution is -2.12. The molecular weight excluding hydrogens is 290 g/mol. The van der Waals surface area contributed by atoms with Crippen LogP contribution >= 0.6 is 0 Å². The van der Waals surface area contributed by atoms with Crippen molar-refractivity contribution in [2.45, 2.75) is 26.7 Å². The first kappa shape index (κ1) is 16.8. The van der Waals surface area contributed by atoms with Crippen molar-refractivity contribution in [3.63, 3.8) is 0 Å². The van der Waals surface area contributed by atoms with Crippen molar-refractivity contribution >= 4 is 17.4 Å². The molecule has 5 nitrogen and oxygen atoms in total. The second-order valence-corrected chi connectivity index (χ2v) is 5.12. The fraction of sp³-hybridized carbons (Fsp3) is 0.333. The van der Waals surface area contributed by atoms with Crippen molar-refractivity contribution in [3.05, 3.63) is 48.2 Å². The van der Waals surface area contributed by atoms with Gasteiger partial charge < -0.3 is 15.4 Å².